The molecule has 0 aliphatic carbocycles. The largest absolute Gasteiger partial charge is 0.496 e. The molecule has 3 aromatic rings. The van der Waals surface area contributed by atoms with Crippen LogP contribution in [0.2, 0.25) is 5.02 Å². The van der Waals surface area contributed by atoms with Gasteiger partial charge in [-0.2, -0.15) is 10.1 Å². The summed E-state index contributed by atoms with van der Waals surface area (Å²) in [6.07, 6.45) is 2.37. The molecule has 7 heteroatoms. The van der Waals surface area contributed by atoms with Gasteiger partial charge in [-0.1, -0.05) is 35.9 Å². The van der Waals surface area contributed by atoms with Crippen molar-refractivity contribution in [1.29, 1.82) is 0 Å². The number of aryl methyl sites for hydroxylation is 1. The highest BCUT2D eigenvalue weighted by molar-refractivity contribution is 6.30. The molecule has 0 aliphatic heterocycles. The van der Waals surface area contributed by atoms with Crippen LogP contribution in [-0.4, -0.2) is 28.8 Å². The van der Waals surface area contributed by atoms with E-state index in [2.05, 4.69) is 25.8 Å². The normalized spacial score (nSPS) is 10.4. The van der Waals surface area contributed by atoms with Gasteiger partial charge in [-0.15, -0.1) is 5.10 Å². The van der Waals surface area contributed by atoms with Crippen molar-refractivity contribution in [3.63, 3.8) is 0 Å². The lowest BCUT2D eigenvalue weighted by Crippen LogP contribution is -2.10. The predicted molar refractivity (Wildman–Crippen MR) is 104 cm³/mol. The van der Waals surface area contributed by atoms with Gasteiger partial charge < -0.3 is 15.4 Å². The van der Waals surface area contributed by atoms with Crippen LogP contribution in [0.5, 0.6) is 5.75 Å². The lowest BCUT2D eigenvalue weighted by molar-refractivity contribution is 0.410. The summed E-state index contributed by atoms with van der Waals surface area (Å²) in [5.74, 6) is 1.94. The molecule has 0 radical (unpaired) electrons. The molecule has 0 bridgehead atoms. The Labute approximate surface area is 157 Å². The maximum absolute atomic E-state index is 6.05. The standard InChI is InChI=1S/C19H20ClN5O/c1-13-7-8-15(20)11-16(13)23-18-12-22-25-19(24-18)21-10-9-14-5-3-4-6-17(14)26-2/h3-8,11-12H,9-10H2,1-2H3,(H2,21,23,24,25). The maximum atomic E-state index is 6.05. The molecule has 134 valence electrons. The summed E-state index contributed by atoms with van der Waals surface area (Å²) in [6.45, 7) is 2.67. The molecule has 1 aromatic heterocycles. The van der Waals surface area contributed by atoms with Crippen molar-refractivity contribution in [3.05, 3.63) is 64.8 Å². The van der Waals surface area contributed by atoms with Crippen LogP contribution in [-0.2, 0) is 6.42 Å². The second-order valence-electron chi connectivity index (χ2n) is 5.74. The zero-order chi connectivity index (χ0) is 18.4. The number of methoxy groups -OCH3 is 1. The van der Waals surface area contributed by atoms with E-state index in [4.69, 9.17) is 16.3 Å². The fraction of sp³-hybridized carbons (Fsp3) is 0.211. The van der Waals surface area contributed by atoms with Gasteiger partial charge in [0.15, 0.2) is 5.82 Å². The number of nitrogens with zero attached hydrogens (tertiary/aromatic N) is 3. The molecule has 2 N–H and O–H groups in total. The van der Waals surface area contributed by atoms with Gasteiger partial charge in [0.25, 0.3) is 0 Å². The van der Waals surface area contributed by atoms with Crippen molar-refractivity contribution in [2.75, 3.05) is 24.3 Å². The van der Waals surface area contributed by atoms with Crippen LogP contribution in [0, 0.1) is 6.92 Å². The smallest absolute Gasteiger partial charge is 0.244 e. The Balaban J connectivity index is 1.63. The van der Waals surface area contributed by atoms with Gasteiger partial charge in [-0.25, -0.2) is 0 Å². The number of anilines is 3. The number of para-hydroxylation sites is 1. The number of rotatable bonds is 7. The van der Waals surface area contributed by atoms with Crippen LogP contribution in [0.3, 0.4) is 0 Å². The predicted octanol–water partition coefficient (Wildman–Crippen LogP) is 4.24. The van der Waals surface area contributed by atoms with Crippen molar-refractivity contribution >= 4 is 29.1 Å². The van der Waals surface area contributed by atoms with E-state index in [-0.39, 0.29) is 0 Å². The second kappa shape index (κ2) is 8.49. The first-order valence-electron chi connectivity index (χ1n) is 8.24. The van der Waals surface area contributed by atoms with Gasteiger partial charge in [0, 0.05) is 17.3 Å². The van der Waals surface area contributed by atoms with E-state index in [0.717, 1.165) is 29.0 Å². The third-order valence-electron chi connectivity index (χ3n) is 3.89. The number of benzene rings is 2. The Bertz CT molecular complexity index is 887. The van der Waals surface area contributed by atoms with Crippen molar-refractivity contribution in [3.8, 4) is 5.75 Å². The van der Waals surface area contributed by atoms with E-state index in [1.807, 2.05) is 49.4 Å². The Morgan fingerprint density at radius 3 is 2.85 bits per heavy atom. The van der Waals surface area contributed by atoms with E-state index in [1.54, 1.807) is 13.3 Å². The first kappa shape index (κ1) is 17.9. The van der Waals surface area contributed by atoms with Crippen LogP contribution in [0.1, 0.15) is 11.1 Å². The molecule has 0 saturated carbocycles. The molecule has 0 atom stereocenters. The van der Waals surface area contributed by atoms with Crippen molar-refractivity contribution in [1.82, 2.24) is 15.2 Å². The average molecular weight is 370 g/mol. The van der Waals surface area contributed by atoms with Gasteiger partial charge in [0.2, 0.25) is 5.95 Å². The monoisotopic (exact) mass is 369 g/mol. The molecule has 2 aromatic carbocycles. The number of halogens is 1. The van der Waals surface area contributed by atoms with Crippen molar-refractivity contribution in [2.24, 2.45) is 0 Å². The number of nitrogens with one attached hydrogen (secondary N) is 2. The van der Waals surface area contributed by atoms with Gasteiger partial charge in [0.1, 0.15) is 5.75 Å². The lowest BCUT2D eigenvalue weighted by atomic mass is 10.1. The third kappa shape index (κ3) is 4.61. The van der Waals surface area contributed by atoms with Gasteiger partial charge in [-0.05, 0) is 42.7 Å². The van der Waals surface area contributed by atoms with Gasteiger partial charge in [-0.3, -0.25) is 0 Å². The maximum Gasteiger partial charge on any atom is 0.244 e. The lowest BCUT2D eigenvalue weighted by Gasteiger charge is -2.11. The number of hydrogen-bond acceptors (Lipinski definition) is 6. The Morgan fingerprint density at radius 2 is 2.00 bits per heavy atom. The fourth-order valence-corrected chi connectivity index (χ4v) is 2.70. The summed E-state index contributed by atoms with van der Waals surface area (Å²) in [5.41, 5.74) is 3.08. The minimum Gasteiger partial charge on any atom is -0.496 e. The molecule has 0 unspecified atom stereocenters. The zero-order valence-corrected chi connectivity index (χ0v) is 15.4. The molecular formula is C19H20ClN5O. The van der Waals surface area contributed by atoms with Crippen LogP contribution >= 0.6 is 11.6 Å². The van der Waals surface area contributed by atoms with E-state index in [1.165, 1.54) is 0 Å². The fourth-order valence-electron chi connectivity index (χ4n) is 2.52. The molecule has 0 aliphatic rings. The molecular weight excluding hydrogens is 350 g/mol. The second-order valence-corrected chi connectivity index (χ2v) is 6.17. The molecule has 6 nitrogen and oxygen atoms in total. The summed E-state index contributed by atoms with van der Waals surface area (Å²) >= 11 is 6.05. The highest BCUT2D eigenvalue weighted by atomic mass is 35.5. The number of hydrogen-bond donors (Lipinski definition) is 2. The van der Waals surface area contributed by atoms with E-state index < -0.39 is 0 Å². The van der Waals surface area contributed by atoms with Crippen LogP contribution in [0.4, 0.5) is 17.5 Å². The molecule has 0 fully saturated rings. The average Bonchev–Trinajstić information content (AvgIpc) is 2.65. The Kier molecular flexibility index (Phi) is 5.86. The summed E-state index contributed by atoms with van der Waals surface area (Å²) in [5, 5.41) is 15.1. The minimum atomic E-state index is 0.463. The third-order valence-corrected chi connectivity index (χ3v) is 4.13. The summed E-state index contributed by atoms with van der Waals surface area (Å²) in [6, 6.07) is 13.6. The van der Waals surface area contributed by atoms with Gasteiger partial charge >= 0.3 is 0 Å². The van der Waals surface area contributed by atoms with E-state index in [0.29, 0.717) is 23.3 Å². The summed E-state index contributed by atoms with van der Waals surface area (Å²) in [7, 11) is 1.67. The van der Waals surface area contributed by atoms with Crippen LogP contribution < -0.4 is 15.4 Å². The molecule has 3 rings (SSSR count). The first-order valence-corrected chi connectivity index (χ1v) is 8.62. The van der Waals surface area contributed by atoms with Gasteiger partial charge in [0.05, 0.1) is 13.3 Å². The van der Waals surface area contributed by atoms with E-state index in [9.17, 15) is 0 Å². The highest BCUT2D eigenvalue weighted by Gasteiger charge is 2.05. The molecule has 0 amide bonds. The SMILES string of the molecule is COc1ccccc1CCNc1nncc(Nc2cc(Cl)ccc2C)n1. The summed E-state index contributed by atoms with van der Waals surface area (Å²) < 4.78 is 5.36. The van der Waals surface area contributed by atoms with Crippen LogP contribution in [0.15, 0.2) is 48.7 Å². The Morgan fingerprint density at radius 1 is 1.15 bits per heavy atom. The molecule has 0 spiro atoms. The number of aromatic nitrogens is 3. The molecule has 0 saturated heterocycles. The quantitative estimate of drug-likeness (QED) is 0.649. The minimum absolute atomic E-state index is 0.463. The van der Waals surface area contributed by atoms with Crippen molar-refractivity contribution < 1.29 is 4.74 Å². The van der Waals surface area contributed by atoms with Crippen molar-refractivity contribution in [2.45, 2.75) is 13.3 Å². The van der Waals surface area contributed by atoms with Crippen LogP contribution in [0.25, 0.3) is 0 Å². The van der Waals surface area contributed by atoms with E-state index >= 15 is 0 Å². The zero-order valence-electron chi connectivity index (χ0n) is 14.7. The molecule has 1 heterocycles. The highest BCUT2D eigenvalue weighted by Crippen LogP contribution is 2.23. The number of ether oxygens (including phenoxy) is 1. The Hall–Kier alpha value is -2.86. The first-order chi connectivity index (χ1) is 12.7. The topological polar surface area (TPSA) is 72.0 Å². The summed E-state index contributed by atoms with van der Waals surface area (Å²) in [4.78, 5) is 4.44. The molecule has 26 heavy (non-hydrogen) atoms.